The second-order valence-corrected chi connectivity index (χ2v) is 5.58. The second-order valence-electron chi connectivity index (χ2n) is 5.58. The van der Waals surface area contributed by atoms with Crippen molar-refractivity contribution in [2.75, 3.05) is 5.32 Å². The lowest BCUT2D eigenvalue weighted by Crippen LogP contribution is -2.18. The van der Waals surface area contributed by atoms with Crippen molar-refractivity contribution in [3.05, 3.63) is 24.4 Å². The van der Waals surface area contributed by atoms with E-state index in [-0.39, 0.29) is 22.7 Å². The first-order valence-corrected chi connectivity index (χ1v) is 5.59. The molecule has 1 aliphatic rings. The molecule has 1 amide bonds. The maximum Gasteiger partial charge on any atom is 0.229 e. The molecule has 3 heteroatoms. The van der Waals surface area contributed by atoms with E-state index in [0.29, 0.717) is 5.82 Å². The van der Waals surface area contributed by atoms with Crippen LogP contribution in [0.4, 0.5) is 5.82 Å². The predicted octanol–water partition coefficient (Wildman–Crippen LogP) is 2.70. The van der Waals surface area contributed by atoms with Gasteiger partial charge in [0.25, 0.3) is 0 Å². The van der Waals surface area contributed by atoms with E-state index in [1.165, 1.54) is 0 Å². The number of aromatic nitrogens is 1. The van der Waals surface area contributed by atoms with Gasteiger partial charge in [0.2, 0.25) is 5.91 Å². The summed E-state index contributed by atoms with van der Waals surface area (Å²) >= 11 is 0. The van der Waals surface area contributed by atoms with Crippen molar-refractivity contribution in [3.8, 4) is 0 Å². The molecule has 0 saturated heterocycles. The van der Waals surface area contributed by atoms with E-state index >= 15 is 0 Å². The smallest absolute Gasteiger partial charge is 0.229 e. The number of rotatable bonds is 2. The number of hydrogen-bond donors (Lipinski definition) is 1. The minimum absolute atomic E-state index is 0.0713. The highest BCUT2D eigenvalue weighted by atomic mass is 16.2. The minimum Gasteiger partial charge on any atom is -0.310 e. The molecule has 1 fully saturated rings. The van der Waals surface area contributed by atoms with Crippen molar-refractivity contribution < 1.29 is 4.79 Å². The van der Waals surface area contributed by atoms with E-state index in [1.54, 1.807) is 12.3 Å². The maximum atomic E-state index is 12.1. The molecule has 16 heavy (non-hydrogen) atoms. The summed E-state index contributed by atoms with van der Waals surface area (Å²) in [5.41, 5.74) is 0.151. The van der Waals surface area contributed by atoms with Crippen LogP contribution in [0, 0.1) is 16.7 Å². The number of amides is 1. The third-order valence-electron chi connectivity index (χ3n) is 4.20. The highest BCUT2D eigenvalue weighted by Gasteiger charge is 2.68. The molecule has 0 unspecified atom stereocenters. The molecular formula is C13H18N2O. The summed E-state index contributed by atoms with van der Waals surface area (Å²) in [5.74, 6) is 0.779. The van der Waals surface area contributed by atoms with Gasteiger partial charge in [0.1, 0.15) is 5.82 Å². The molecule has 1 heterocycles. The van der Waals surface area contributed by atoms with Crippen LogP contribution in [0.25, 0.3) is 0 Å². The molecule has 0 radical (unpaired) electrons. The van der Waals surface area contributed by atoms with Crippen LogP contribution in [0.2, 0.25) is 0 Å². The number of nitrogens with one attached hydrogen (secondary N) is 1. The van der Waals surface area contributed by atoms with Gasteiger partial charge in [-0.25, -0.2) is 4.98 Å². The normalized spacial score (nSPS) is 21.5. The number of carbonyl (C=O) groups excluding carboxylic acids is 1. The number of anilines is 1. The highest BCUT2D eigenvalue weighted by molar-refractivity contribution is 5.95. The van der Waals surface area contributed by atoms with Gasteiger partial charge in [-0.2, -0.15) is 0 Å². The van der Waals surface area contributed by atoms with Gasteiger partial charge in [0, 0.05) is 12.1 Å². The van der Waals surface area contributed by atoms with Crippen LogP contribution in [-0.2, 0) is 4.79 Å². The largest absolute Gasteiger partial charge is 0.310 e. The molecule has 3 nitrogen and oxygen atoms in total. The summed E-state index contributed by atoms with van der Waals surface area (Å²) in [6.45, 7) is 8.54. The molecule has 1 aromatic heterocycles. The molecule has 0 spiro atoms. The zero-order valence-electron chi connectivity index (χ0n) is 10.2. The van der Waals surface area contributed by atoms with Crippen molar-refractivity contribution in [2.45, 2.75) is 27.7 Å². The van der Waals surface area contributed by atoms with Gasteiger partial charge >= 0.3 is 0 Å². The molecule has 1 N–H and O–H groups in total. The molecule has 1 aliphatic carbocycles. The van der Waals surface area contributed by atoms with Crippen LogP contribution in [0.5, 0.6) is 0 Å². The first kappa shape index (κ1) is 11.1. The zero-order valence-corrected chi connectivity index (χ0v) is 10.2. The number of nitrogens with zero attached hydrogens (tertiary/aromatic N) is 1. The van der Waals surface area contributed by atoms with Gasteiger partial charge in [0.05, 0.1) is 0 Å². The average Bonchev–Trinajstić information content (AvgIpc) is 2.58. The Bertz CT molecular complexity index is 395. The Labute approximate surface area is 96.3 Å². The number of hydrogen-bond acceptors (Lipinski definition) is 2. The van der Waals surface area contributed by atoms with E-state index in [9.17, 15) is 4.79 Å². The van der Waals surface area contributed by atoms with Gasteiger partial charge in [0.15, 0.2) is 0 Å². The molecule has 0 aliphatic heterocycles. The summed E-state index contributed by atoms with van der Waals surface area (Å²) < 4.78 is 0. The van der Waals surface area contributed by atoms with E-state index in [2.05, 4.69) is 38.0 Å². The fourth-order valence-corrected chi connectivity index (χ4v) is 2.49. The molecular weight excluding hydrogens is 200 g/mol. The highest BCUT2D eigenvalue weighted by Crippen LogP contribution is 2.68. The summed E-state index contributed by atoms with van der Waals surface area (Å²) in [6, 6.07) is 5.51. The zero-order chi connectivity index (χ0) is 12.0. The maximum absolute atomic E-state index is 12.1. The third-order valence-corrected chi connectivity index (χ3v) is 4.20. The van der Waals surface area contributed by atoms with Crippen LogP contribution in [-0.4, -0.2) is 10.9 Å². The van der Waals surface area contributed by atoms with Gasteiger partial charge < -0.3 is 5.32 Å². The molecule has 0 bridgehead atoms. The Morgan fingerprint density at radius 2 is 1.88 bits per heavy atom. The Hall–Kier alpha value is -1.38. The molecule has 0 aromatic carbocycles. The lowest BCUT2D eigenvalue weighted by atomic mass is 10.0. The quantitative estimate of drug-likeness (QED) is 0.829. The Balaban J connectivity index is 2.07. The van der Waals surface area contributed by atoms with E-state index < -0.39 is 0 Å². The summed E-state index contributed by atoms with van der Waals surface area (Å²) in [6.07, 6.45) is 1.68. The summed E-state index contributed by atoms with van der Waals surface area (Å²) in [4.78, 5) is 16.1. The van der Waals surface area contributed by atoms with Gasteiger partial charge in [-0.15, -0.1) is 0 Å². The first-order valence-electron chi connectivity index (χ1n) is 5.59. The van der Waals surface area contributed by atoms with Gasteiger partial charge in [-0.3, -0.25) is 4.79 Å². The van der Waals surface area contributed by atoms with Crippen LogP contribution in [0.1, 0.15) is 27.7 Å². The van der Waals surface area contributed by atoms with E-state index in [1.807, 2.05) is 12.1 Å². The molecule has 86 valence electrons. The molecule has 1 saturated carbocycles. The van der Waals surface area contributed by atoms with Crippen LogP contribution < -0.4 is 5.32 Å². The predicted molar refractivity (Wildman–Crippen MR) is 63.9 cm³/mol. The van der Waals surface area contributed by atoms with Crippen molar-refractivity contribution in [1.29, 1.82) is 0 Å². The summed E-state index contributed by atoms with van der Waals surface area (Å²) in [5, 5.41) is 2.87. The van der Waals surface area contributed by atoms with Gasteiger partial charge in [-0.1, -0.05) is 33.8 Å². The van der Waals surface area contributed by atoms with Crippen molar-refractivity contribution in [1.82, 2.24) is 4.98 Å². The fraction of sp³-hybridized carbons (Fsp3) is 0.538. The Morgan fingerprint density at radius 1 is 1.25 bits per heavy atom. The van der Waals surface area contributed by atoms with Gasteiger partial charge in [-0.05, 0) is 23.0 Å². The SMILES string of the molecule is CC1(C)C(C(=O)Nc2ccccn2)C1(C)C. The average molecular weight is 218 g/mol. The van der Waals surface area contributed by atoms with Crippen LogP contribution >= 0.6 is 0 Å². The third kappa shape index (κ3) is 1.51. The second kappa shape index (κ2) is 3.30. The molecule has 2 rings (SSSR count). The van der Waals surface area contributed by atoms with E-state index in [4.69, 9.17) is 0 Å². The number of pyridine rings is 1. The van der Waals surface area contributed by atoms with Crippen molar-refractivity contribution in [3.63, 3.8) is 0 Å². The van der Waals surface area contributed by atoms with E-state index in [0.717, 1.165) is 0 Å². The van der Waals surface area contributed by atoms with Crippen molar-refractivity contribution >= 4 is 11.7 Å². The molecule has 0 atom stereocenters. The topological polar surface area (TPSA) is 42.0 Å². The van der Waals surface area contributed by atoms with Crippen LogP contribution in [0.3, 0.4) is 0 Å². The first-order chi connectivity index (χ1) is 7.37. The Morgan fingerprint density at radius 3 is 2.31 bits per heavy atom. The number of carbonyl (C=O) groups is 1. The van der Waals surface area contributed by atoms with Crippen molar-refractivity contribution in [2.24, 2.45) is 16.7 Å². The minimum atomic E-state index is 0.0713. The summed E-state index contributed by atoms with van der Waals surface area (Å²) in [7, 11) is 0. The lowest BCUT2D eigenvalue weighted by molar-refractivity contribution is -0.118. The van der Waals surface area contributed by atoms with Crippen LogP contribution in [0.15, 0.2) is 24.4 Å². The standard InChI is InChI=1S/C13H18N2O/c1-12(2)10(13(12,3)4)11(16)15-9-7-5-6-8-14-9/h5-8,10H,1-4H3,(H,14,15,16). The lowest BCUT2D eigenvalue weighted by Gasteiger charge is -2.04. The monoisotopic (exact) mass is 218 g/mol. The molecule has 1 aromatic rings. The fourth-order valence-electron chi connectivity index (χ4n) is 2.49. The Kier molecular flexibility index (Phi) is 2.30.